The second kappa shape index (κ2) is 5.61. The van der Waals surface area contributed by atoms with Crippen LogP contribution in [0, 0.1) is 5.92 Å². The highest BCUT2D eigenvalue weighted by Crippen LogP contribution is 2.19. The number of hydrogen-bond donors (Lipinski definition) is 1. The molecule has 15 heavy (non-hydrogen) atoms. The van der Waals surface area contributed by atoms with Gasteiger partial charge >= 0.3 is 0 Å². The van der Waals surface area contributed by atoms with Crippen LogP contribution >= 0.6 is 0 Å². The van der Waals surface area contributed by atoms with Gasteiger partial charge in [-0.1, -0.05) is 13.0 Å². The summed E-state index contributed by atoms with van der Waals surface area (Å²) < 4.78 is 5.64. The molecular weight excluding hydrogens is 188 g/mol. The van der Waals surface area contributed by atoms with E-state index in [2.05, 4.69) is 17.9 Å². The molecule has 0 saturated heterocycles. The number of anilines is 1. The molecule has 0 spiro atoms. The Kier molecular flexibility index (Phi) is 4.43. The number of nitrogens with zero attached hydrogens (tertiary/aromatic N) is 1. The summed E-state index contributed by atoms with van der Waals surface area (Å²) in [5.41, 5.74) is 6.67. The zero-order valence-electron chi connectivity index (χ0n) is 9.73. The number of nitrogens with two attached hydrogens (primary N) is 1. The highest BCUT2D eigenvalue weighted by molar-refractivity contribution is 5.49. The smallest absolute Gasteiger partial charge is 0.121 e. The zero-order valence-corrected chi connectivity index (χ0v) is 9.73. The van der Waals surface area contributed by atoms with Crippen LogP contribution in [0.4, 0.5) is 5.69 Å². The summed E-state index contributed by atoms with van der Waals surface area (Å²) in [5, 5.41) is 0. The average Bonchev–Trinajstić information content (AvgIpc) is 2.26. The van der Waals surface area contributed by atoms with Crippen molar-refractivity contribution in [1.29, 1.82) is 0 Å². The predicted octanol–water partition coefficient (Wildman–Crippen LogP) is 1.73. The summed E-state index contributed by atoms with van der Waals surface area (Å²) in [6, 6.07) is 8.05. The summed E-state index contributed by atoms with van der Waals surface area (Å²) >= 11 is 0. The third-order valence-electron chi connectivity index (χ3n) is 2.27. The Morgan fingerprint density at radius 1 is 1.40 bits per heavy atom. The second-order valence-corrected chi connectivity index (χ2v) is 4.04. The van der Waals surface area contributed by atoms with Crippen LogP contribution in [-0.2, 0) is 0 Å². The third-order valence-corrected chi connectivity index (χ3v) is 2.27. The Bertz CT molecular complexity index is 299. The van der Waals surface area contributed by atoms with Gasteiger partial charge in [0, 0.05) is 31.8 Å². The quantitative estimate of drug-likeness (QED) is 0.801. The van der Waals surface area contributed by atoms with E-state index in [0.717, 1.165) is 11.4 Å². The second-order valence-electron chi connectivity index (χ2n) is 4.04. The molecule has 1 aromatic rings. The Balaban J connectivity index is 2.58. The van der Waals surface area contributed by atoms with E-state index in [4.69, 9.17) is 10.5 Å². The van der Waals surface area contributed by atoms with Gasteiger partial charge in [0.2, 0.25) is 0 Å². The van der Waals surface area contributed by atoms with Crippen LogP contribution in [0.1, 0.15) is 6.92 Å². The minimum absolute atomic E-state index is 0.396. The topological polar surface area (TPSA) is 38.5 Å². The van der Waals surface area contributed by atoms with Crippen LogP contribution in [0.25, 0.3) is 0 Å². The lowest BCUT2D eigenvalue weighted by atomic mass is 10.2. The van der Waals surface area contributed by atoms with Crippen molar-refractivity contribution in [3.63, 3.8) is 0 Å². The molecular formula is C12H20N2O. The molecule has 1 unspecified atom stereocenters. The first-order chi connectivity index (χ1) is 7.13. The van der Waals surface area contributed by atoms with E-state index >= 15 is 0 Å². The SMILES string of the molecule is CC(CN)COc1cccc(N(C)C)c1. The van der Waals surface area contributed by atoms with Gasteiger partial charge in [0.25, 0.3) is 0 Å². The predicted molar refractivity (Wildman–Crippen MR) is 64.5 cm³/mol. The molecule has 0 aromatic heterocycles. The maximum atomic E-state index is 5.64. The molecule has 0 saturated carbocycles. The fraction of sp³-hybridized carbons (Fsp3) is 0.500. The maximum Gasteiger partial charge on any atom is 0.121 e. The fourth-order valence-electron chi connectivity index (χ4n) is 1.16. The molecule has 0 radical (unpaired) electrons. The van der Waals surface area contributed by atoms with Gasteiger partial charge in [-0.25, -0.2) is 0 Å². The monoisotopic (exact) mass is 208 g/mol. The molecule has 1 atom stereocenters. The van der Waals surface area contributed by atoms with E-state index in [1.54, 1.807) is 0 Å². The van der Waals surface area contributed by atoms with Gasteiger partial charge in [0.05, 0.1) is 6.61 Å². The number of hydrogen-bond acceptors (Lipinski definition) is 3. The molecule has 0 heterocycles. The molecule has 1 rings (SSSR count). The maximum absolute atomic E-state index is 5.64. The zero-order chi connectivity index (χ0) is 11.3. The normalized spacial score (nSPS) is 12.3. The molecule has 3 heteroatoms. The standard InChI is InChI=1S/C12H20N2O/c1-10(8-13)9-15-12-6-4-5-11(7-12)14(2)3/h4-7,10H,8-9,13H2,1-3H3. The highest BCUT2D eigenvalue weighted by Gasteiger charge is 2.02. The van der Waals surface area contributed by atoms with E-state index in [0.29, 0.717) is 19.1 Å². The molecule has 0 fully saturated rings. The van der Waals surface area contributed by atoms with E-state index in [1.165, 1.54) is 0 Å². The van der Waals surface area contributed by atoms with E-state index in [-0.39, 0.29) is 0 Å². The van der Waals surface area contributed by atoms with E-state index < -0.39 is 0 Å². The van der Waals surface area contributed by atoms with Gasteiger partial charge in [-0.15, -0.1) is 0 Å². The molecule has 2 N–H and O–H groups in total. The molecule has 1 aromatic carbocycles. The summed E-state index contributed by atoms with van der Waals surface area (Å²) in [5.74, 6) is 1.30. The third kappa shape index (κ3) is 3.80. The first-order valence-corrected chi connectivity index (χ1v) is 5.23. The molecule has 0 aliphatic carbocycles. The Labute approximate surface area is 91.8 Å². The number of rotatable bonds is 5. The summed E-state index contributed by atoms with van der Waals surface area (Å²) in [6.07, 6.45) is 0. The Morgan fingerprint density at radius 3 is 2.73 bits per heavy atom. The van der Waals surface area contributed by atoms with E-state index in [1.807, 2.05) is 32.3 Å². The molecule has 0 bridgehead atoms. The molecule has 0 aliphatic heterocycles. The number of ether oxygens (including phenoxy) is 1. The molecule has 0 amide bonds. The van der Waals surface area contributed by atoms with E-state index in [9.17, 15) is 0 Å². The molecule has 84 valence electrons. The first-order valence-electron chi connectivity index (χ1n) is 5.23. The minimum Gasteiger partial charge on any atom is -0.493 e. The van der Waals surface area contributed by atoms with Crippen LogP contribution in [-0.4, -0.2) is 27.2 Å². The number of benzene rings is 1. The van der Waals surface area contributed by atoms with Gasteiger partial charge in [0.1, 0.15) is 5.75 Å². The lowest BCUT2D eigenvalue weighted by molar-refractivity contribution is 0.264. The lowest BCUT2D eigenvalue weighted by Gasteiger charge is -2.15. The largest absolute Gasteiger partial charge is 0.493 e. The van der Waals surface area contributed by atoms with Crippen molar-refractivity contribution in [3.05, 3.63) is 24.3 Å². The Morgan fingerprint density at radius 2 is 2.13 bits per heavy atom. The lowest BCUT2D eigenvalue weighted by Crippen LogP contribution is -2.18. The van der Waals surface area contributed by atoms with Crippen molar-refractivity contribution in [2.75, 3.05) is 32.1 Å². The van der Waals surface area contributed by atoms with Crippen molar-refractivity contribution >= 4 is 5.69 Å². The van der Waals surface area contributed by atoms with Gasteiger partial charge in [-0.3, -0.25) is 0 Å². The van der Waals surface area contributed by atoms with Gasteiger partial charge in [0.15, 0.2) is 0 Å². The van der Waals surface area contributed by atoms with Crippen molar-refractivity contribution in [2.24, 2.45) is 11.7 Å². The molecule has 0 aliphatic rings. The summed E-state index contributed by atoms with van der Waals surface area (Å²) in [4.78, 5) is 2.05. The minimum atomic E-state index is 0.396. The first kappa shape index (κ1) is 11.9. The van der Waals surface area contributed by atoms with Crippen LogP contribution in [0.5, 0.6) is 5.75 Å². The summed E-state index contributed by atoms with van der Waals surface area (Å²) in [7, 11) is 4.03. The van der Waals surface area contributed by atoms with Crippen molar-refractivity contribution in [2.45, 2.75) is 6.92 Å². The van der Waals surface area contributed by atoms with Gasteiger partial charge < -0.3 is 15.4 Å². The van der Waals surface area contributed by atoms with Crippen LogP contribution in [0.2, 0.25) is 0 Å². The van der Waals surface area contributed by atoms with Crippen LogP contribution in [0.15, 0.2) is 24.3 Å². The van der Waals surface area contributed by atoms with Crippen molar-refractivity contribution in [1.82, 2.24) is 0 Å². The van der Waals surface area contributed by atoms with Crippen molar-refractivity contribution in [3.8, 4) is 5.75 Å². The highest BCUT2D eigenvalue weighted by atomic mass is 16.5. The summed E-state index contributed by atoms with van der Waals surface area (Å²) in [6.45, 7) is 3.41. The van der Waals surface area contributed by atoms with Crippen molar-refractivity contribution < 1.29 is 4.74 Å². The Hall–Kier alpha value is -1.22. The van der Waals surface area contributed by atoms with Crippen LogP contribution in [0.3, 0.4) is 0 Å². The molecule has 3 nitrogen and oxygen atoms in total. The van der Waals surface area contributed by atoms with Gasteiger partial charge in [-0.2, -0.15) is 0 Å². The average molecular weight is 208 g/mol. The van der Waals surface area contributed by atoms with Gasteiger partial charge in [-0.05, 0) is 18.7 Å². The fourth-order valence-corrected chi connectivity index (χ4v) is 1.16. The van der Waals surface area contributed by atoms with Crippen LogP contribution < -0.4 is 15.4 Å².